The molecule has 3 fully saturated rings. The second-order valence-electron chi connectivity index (χ2n) is 12.3. The Hall–Kier alpha value is -2.63. The van der Waals surface area contributed by atoms with E-state index in [0.717, 1.165) is 49.0 Å². The van der Waals surface area contributed by atoms with Crippen LogP contribution in [0.4, 0.5) is 0 Å². The van der Waals surface area contributed by atoms with Gasteiger partial charge in [-0.2, -0.15) is 0 Å². The van der Waals surface area contributed by atoms with E-state index in [2.05, 4.69) is 42.1 Å². The number of aromatic amines is 1. The van der Waals surface area contributed by atoms with Crippen LogP contribution in [0, 0.1) is 40.4 Å². The van der Waals surface area contributed by atoms with Crippen LogP contribution in [0.5, 0.6) is 0 Å². The second-order valence-corrected chi connectivity index (χ2v) is 12.3. The molecule has 0 bridgehead atoms. The number of likely N-dealkylation sites (N-methyl/N-ethyl adjacent to an activating group) is 1. The van der Waals surface area contributed by atoms with E-state index in [-0.39, 0.29) is 34.6 Å². The zero-order valence-corrected chi connectivity index (χ0v) is 21.4. The fraction of sp³-hybridized carbons (Fsp3) is 0.621. The molecule has 6 rings (SSSR count). The molecule has 6 nitrogen and oxygen atoms in total. The topological polar surface area (TPSA) is 78.1 Å². The number of amides is 2. The van der Waals surface area contributed by atoms with E-state index in [9.17, 15) is 9.59 Å². The van der Waals surface area contributed by atoms with Gasteiger partial charge in [0, 0.05) is 24.4 Å². The van der Waals surface area contributed by atoms with E-state index in [4.69, 9.17) is 0 Å². The van der Waals surface area contributed by atoms with Crippen molar-refractivity contribution in [2.45, 2.75) is 65.5 Å². The molecule has 1 aromatic carbocycles. The summed E-state index contributed by atoms with van der Waals surface area (Å²) >= 11 is 0. The number of nitrogens with zero attached hydrogens (tertiary/aromatic N) is 2. The van der Waals surface area contributed by atoms with Gasteiger partial charge in [0.25, 0.3) is 0 Å². The predicted octanol–water partition coefficient (Wildman–Crippen LogP) is 4.68. The number of nitrogens with one attached hydrogen (secondary N) is 2. The van der Waals surface area contributed by atoms with Crippen LogP contribution in [-0.4, -0.2) is 39.8 Å². The van der Waals surface area contributed by atoms with Gasteiger partial charge in [-0.15, -0.1) is 0 Å². The first kappa shape index (κ1) is 22.8. The van der Waals surface area contributed by atoms with Crippen molar-refractivity contribution < 1.29 is 9.59 Å². The van der Waals surface area contributed by atoms with Gasteiger partial charge in [0.1, 0.15) is 5.82 Å². The number of carbonyl (C=O) groups is 2. The minimum absolute atomic E-state index is 0.0218. The molecule has 2 N–H and O–H groups in total. The van der Waals surface area contributed by atoms with Gasteiger partial charge in [0.2, 0.25) is 11.8 Å². The highest BCUT2D eigenvalue weighted by molar-refractivity contribution is 5.89. The Bertz CT molecular complexity index is 1170. The maximum absolute atomic E-state index is 13.5. The molecule has 0 spiro atoms. The third-order valence-corrected chi connectivity index (χ3v) is 10.6. The zero-order valence-electron chi connectivity index (χ0n) is 21.4. The number of aromatic nitrogens is 2. The van der Waals surface area contributed by atoms with Crippen LogP contribution in [0.3, 0.4) is 0 Å². The summed E-state index contributed by atoms with van der Waals surface area (Å²) in [6, 6.07) is 8.25. The largest absolute Gasteiger partial charge is 0.349 e. The normalized spacial score (nSPS) is 40.3. The van der Waals surface area contributed by atoms with Crippen molar-refractivity contribution in [3.63, 3.8) is 0 Å². The minimum Gasteiger partial charge on any atom is -0.349 e. The van der Waals surface area contributed by atoms with E-state index < -0.39 is 0 Å². The summed E-state index contributed by atoms with van der Waals surface area (Å²) in [6.07, 6.45) is 9.53. The number of imidazole rings is 1. The lowest BCUT2D eigenvalue weighted by atomic mass is 9.46. The van der Waals surface area contributed by atoms with Gasteiger partial charge < -0.3 is 15.2 Å². The van der Waals surface area contributed by atoms with E-state index in [0.29, 0.717) is 30.2 Å². The first-order chi connectivity index (χ1) is 16.7. The maximum atomic E-state index is 13.5. The Morgan fingerprint density at radius 2 is 2.00 bits per heavy atom. The minimum atomic E-state index is 0.0218. The lowest BCUT2D eigenvalue weighted by Gasteiger charge is -2.62. The standard InChI is InChI=1S/C29H38N4O2/c1-17-15-18-19-9-10-21(27(35)30-16-24-31-22-7-5-6-8-23(22)32-24)28(19,2)13-11-20(18)29(3)14-12-25(34)33(4)26(17)29/h5-8,12,14,17-21,26H,9-11,13,15-16H2,1-4H3,(H,30,35)(H,31,32)/t17?,18-,19-,20-,21+,26+,28-,29+/m0/s1. The molecule has 35 heavy (non-hydrogen) atoms. The lowest BCUT2D eigenvalue weighted by Crippen LogP contribution is -2.62. The molecular weight excluding hydrogens is 436 g/mol. The first-order valence-corrected chi connectivity index (χ1v) is 13.4. The average molecular weight is 475 g/mol. The summed E-state index contributed by atoms with van der Waals surface area (Å²) in [7, 11) is 1.98. The molecule has 186 valence electrons. The van der Waals surface area contributed by atoms with Crippen molar-refractivity contribution in [3.05, 3.63) is 42.2 Å². The summed E-state index contributed by atoms with van der Waals surface area (Å²) in [5, 5.41) is 3.22. The highest BCUT2D eigenvalue weighted by Gasteiger charge is 2.62. The molecular formula is C29H38N4O2. The van der Waals surface area contributed by atoms with E-state index in [1.165, 1.54) is 0 Å². The summed E-state index contributed by atoms with van der Waals surface area (Å²) in [5.74, 6) is 3.42. The van der Waals surface area contributed by atoms with E-state index in [1.54, 1.807) is 0 Å². The molecule has 1 aromatic heterocycles. The maximum Gasteiger partial charge on any atom is 0.246 e. The van der Waals surface area contributed by atoms with Crippen molar-refractivity contribution in [1.29, 1.82) is 0 Å². The molecule has 1 unspecified atom stereocenters. The van der Waals surface area contributed by atoms with Gasteiger partial charge >= 0.3 is 0 Å². The number of fused-ring (bicyclic) bond motifs is 6. The van der Waals surface area contributed by atoms with Crippen molar-refractivity contribution in [2.24, 2.45) is 40.4 Å². The summed E-state index contributed by atoms with van der Waals surface area (Å²) in [4.78, 5) is 35.9. The SMILES string of the molecule is CC1C[C@@H]2[C@H](CC[C@]3(C)[C@@H](C(=O)NCc4nc5ccccc5[nH]4)CC[C@@H]23)[C@@]2(C)C=CC(=O)N(C)[C@H]12. The Balaban J connectivity index is 1.20. The van der Waals surface area contributed by atoms with Gasteiger partial charge in [0.05, 0.1) is 17.6 Å². The molecule has 2 amide bonds. The lowest BCUT2D eigenvalue weighted by molar-refractivity contribution is -0.148. The fourth-order valence-electron chi connectivity index (χ4n) is 9.12. The molecule has 0 saturated heterocycles. The summed E-state index contributed by atoms with van der Waals surface area (Å²) in [5.41, 5.74) is 2.01. The number of hydrogen-bond acceptors (Lipinski definition) is 3. The van der Waals surface area contributed by atoms with Crippen LogP contribution in [0.1, 0.15) is 58.7 Å². The van der Waals surface area contributed by atoms with Crippen LogP contribution >= 0.6 is 0 Å². The Kier molecular flexibility index (Phi) is 5.17. The van der Waals surface area contributed by atoms with Crippen LogP contribution < -0.4 is 5.32 Å². The first-order valence-electron chi connectivity index (χ1n) is 13.4. The second kappa shape index (κ2) is 7.94. The van der Waals surface area contributed by atoms with Gasteiger partial charge in [-0.1, -0.05) is 39.0 Å². The van der Waals surface area contributed by atoms with Gasteiger partial charge in [-0.25, -0.2) is 4.98 Å². The average Bonchev–Trinajstić information content (AvgIpc) is 3.40. The molecule has 6 heteroatoms. The molecule has 3 aliphatic carbocycles. The van der Waals surface area contributed by atoms with Crippen molar-refractivity contribution in [3.8, 4) is 0 Å². The van der Waals surface area contributed by atoms with Crippen LogP contribution in [-0.2, 0) is 16.1 Å². The molecule has 0 radical (unpaired) electrons. The van der Waals surface area contributed by atoms with Crippen LogP contribution in [0.25, 0.3) is 11.0 Å². The van der Waals surface area contributed by atoms with Crippen molar-refractivity contribution in [2.75, 3.05) is 7.05 Å². The number of carbonyl (C=O) groups excluding carboxylic acids is 2. The number of para-hydroxylation sites is 2. The molecule has 8 atom stereocenters. The number of rotatable bonds is 3. The van der Waals surface area contributed by atoms with Gasteiger partial charge in [0.15, 0.2) is 0 Å². The van der Waals surface area contributed by atoms with E-state index in [1.807, 2.05) is 42.3 Å². The van der Waals surface area contributed by atoms with E-state index >= 15 is 0 Å². The molecule has 3 saturated carbocycles. The highest BCUT2D eigenvalue weighted by atomic mass is 16.2. The molecule has 2 heterocycles. The van der Waals surface area contributed by atoms with Crippen LogP contribution in [0.15, 0.2) is 36.4 Å². The zero-order chi connectivity index (χ0) is 24.5. The Labute approximate surface area is 207 Å². The number of H-pyrrole nitrogens is 1. The monoisotopic (exact) mass is 474 g/mol. The molecule has 4 aliphatic rings. The quantitative estimate of drug-likeness (QED) is 0.678. The van der Waals surface area contributed by atoms with Crippen LogP contribution in [0.2, 0.25) is 0 Å². The van der Waals surface area contributed by atoms with Crippen molar-refractivity contribution >= 4 is 22.8 Å². The predicted molar refractivity (Wildman–Crippen MR) is 136 cm³/mol. The summed E-state index contributed by atoms with van der Waals surface area (Å²) < 4.78 is 0. The molecule has 2 aromatic rings. The fourth-order valence-corrected chi connectivity index (χ4v) is 9.12. The van der Waals surface area contributed by atoms with Gasteiger partial charge in [-0.3, -0.25) is 9.59 Å². The smallest absolute Gasteiger partial charge is 0.246 e. The van der Waals surface area contributed by atoms with Gasteiger partial charge in [-0.05, 0) is 79.4 Å². The Morgan fingerprint density at radius 3 is 2.80 bits per heavy atom. The summed E-state index contributed by atoms with van der Waals surface area (Å²) in [6.45, 7) is 7.55. The molecule has 1 aliphatic heterocycles. The highest BCUT2D eigenvalue weighted by Crippen LogP contribution is 2.66. The third kappa shape index (κ3) is 3.31. The van der Waals surface area contributed by atoms with Crippen molar-refractivity contribution in [1.82, 2.24) is 20.2 Å². The number of benzene rings is 1. The Morgan fingerprint density at radius 1 is 1.20 bits per heavy atom. The number of hydrogen-bond donors (Lipinski definition) is 2. The third-order valence-electron chi connectivity index (χ3n) is 10.6.